The number of nitrogen functional groups attached to an aromatic ring is 1. The molecular formula is C10H10F3N5OS. The molecule has 0 atom stereocenters. The average Bonchev–Trinajstić information content (AvgIpc) is 2.85. The van der Waals surface area contributed by atoms with Crippen molar-refractivity contribution in [2.24, 2.45) is 0 Å². The maximum atomic E-state index is 12.5. The molecule has 2 aromatic rings. The number of rotatable bonds is 4. The van der Waals surface area contributed by atoms with Crippen molar-refractivity contribution in [2.45, 2.75) is 19.5 Å². The van der Waals surface area contributed by atoms with Gasteiger partial charge in [0.15, 0.2) is 10.8 Å². The number of nitrogens with zero attached hydrogens (tertiary/aromatic N) is 4. The van der Waals surface area contributed by atoms with Crippen molar-refractivity contribution in [3.63, 3.8) is 0 Å². The predicted octanol–water partition coefficient (Wildman–Crippen LogP) is 2.38. The molecule has 10 heteroatoms. The van der Waals surface area contributed by atoms with Crippen molar-refractivity contribution in [3.8, 4) is 16.7 Å². The molecule has 2 rings (SSSR count). The van der Waals surface area contributed by atoms with Crippen LogP contribution in [0.2, 0.25) is 0 Å². The van der Waals surface area contributed by atoms with Crippen molar-refractivity contribution in [1.29, 1.82) is 0 Å². The molecule has 0 radical (unpaired) electrons. The van der Waals surface area contributed by atoms with Gasteiger partial charge in [-0.15, -0.1) is 11.3 Å². The van der Waals surface area contributed by atoms with Gasteiger partial charge in [-0.2, -0.15) is 28.1 Å². The van der Waals surface area contributed by atoms with Gasteiger partial charge in [0.1, 0.15) is 0 Å². The van der Waals surface area contributed by atoms with E-state index in [2.05, 4.69) is 19.9 Å². The number of aromatic nitrogens is 4. The van der Waals surface area contributed by atoms with Crippen LogP contribution in [-0.4, -0.2) is 26.5 Å². The van der Waals surface area contributed by atoms with Crippen molar-refractivity contribution in [2.75, 3.05) is 12.3 Å². The van der Waals surface area contributed by atoms with Crippen LogP contribution in [-0.2, 0) is 6.18 Å². The first-order valence-electron chi connectivity index (χ1n) is 5.58. The van der Waals surface area contributed by atoms with Gasteiger partial charge in [0.2, 0.25) is 5.95 Å². The van der Waals surface area contributed by atoms with Gasteiger partial charge in [-0.3, -0.25) is 0 Å². The number of alkyl halides is 3. The number of hydrogen-bond donors (Lipinski definition) is 1. The van der Waals surface area contributed by atoms with Gasteiger partial charge in [-0.05, 0) is 6.42 Å². The monoisotopic (exact) mass is 305 g/mol. The fourth-order valence-corrected chi connectivity index (χ4v) is 1.97. The minimum atomic E-state index is -4.50. The second-order valence-electron chi connectivity index (χ2n) is 3.68. The summed E-state index contributed by atoms with van der Waals surface area (Å²) in [5.41, 5.74) is 5.48. The van der Waals surface area contributed by atoms with Gasteiger partial charge in [0.25, 0.3) is 0 Å². The highest BCUT2D eigenvalue weighted by Crippen LogP contribution is 2.35. The topological polar surface area (TPSA) is 86.8 Å². The Kier molecular flexibility index (Phi) is 4.02. The van der Waals surface area contributed by atoms with Gasteiger partial charge in [-0.25, -0.2) is 4.98 Å². The summed E-state index contributed by atoms with van der Waals surface area (Å²) in [4.78, 5) is 14.9. The lowest BCUT2D eigenvalue weighted by Gasteiger charge is -2.04. The number of hydrogen-bond acceptors (Lipinski definition) is 7. The maximum absolute atomic E-state index is 12.5. The first-order valence-corrected chi connectivity index (χ1v) is 6.39. The molecule has 6 nitrogen and oxygen atoms in total. The van der Waals surface area contributed by atoms with E-state index in [9.17, 15) is 13.2 Å². The van der Waals surface area contributed by atoms with Crippen LogP contribution in [0.3, 0.4) is 0 Å². The summed E-state index contributed by atoms with van der Waals surface area (Å²) in [6.07, 6.45) is -2.71. The minimum absolute atomic E-state index is 0.0107. The molecule has 0 saturated carbocycles. The van der Waals surface area contributed by atoms with Crippen LogP contribution in [0.15, 0.2) is 6.20 Å². The molecule has 0 spiro atoms. The van der Waals surface area contributed by atoms with Crippen LogP contribution in [0.1, 0.15) is 18.4 Å². The number of ether oxygens (including phenoxy) is 1. The Bertz CT molecular complexity index is 601. The lowest BCUT2D eigenvalue weighted by atomic mass is 10.5. The van der Waals surface area contributed by atoms with Crippen LogP contribution in [0.25, 0.3) is 10.7 Å². The van der Waals surface area contributed by atoms with Gasteiger partial charge in [0, 0.05) is 6.20 Å². The Morgan fingerprint density at radius 1 is 1.30 bits per heavy atom. The zero-order chi connectivity index (χ0) is 14.8. The standard InChI is InChI=1S/C10H10F3N5OS/c1-2-3-19-9-17-6(16-8(14)18-9)5-4-15-7(20-5)10(11,12)13/h4H,2-3H2,1H3,(H2,14,16,17,18). The second-order valence-corrected chi connectivity index (χ2v) is 4.71. The molecule has 0 aromatic carbocycles. The first-order chi connectivity index (χ1) is 9.40. The normalized spacial score (nSPS) is 11.6. The molecule has 2 aromatic heterocycles. The fraction of sp³-hybridized carbons (Fsp3) is 0.400. The molecule has 0 unspecified atom stereocenters. The van der Waals surface area contributed by atoms with Crippen molar-refractivity contribution >= 4 is 17.3 Å². The van der Waals surface area contributed by atoms with Crippen molar-refractivity contribution in [3.05, 3.63) is 11.2 Å². The summed E-state index contributed by atoms with van der Waals surface area (Å²) in [7, 11) is 0. The molecule has 20 heavy (non-hydrogen) atoms. The summed E-state index contributed by atoms with van der Waals surface area (Å²) >= 11 is 0.434. The highest BCUT2D eigenvalue weighted by molar-refractivity contribution is 7.15. The van der Waals surface area contributed by atoms with Crippen LogP contribution in [0, 0.1) is 0 Å². The third-order valence-corrected chi connectivity index (χ3v) is 3.07. The lowest BCUT2D eigenvalue weighted by Crippen LogP contribution is -2.05. The molecular weight excluding hydrogens is 295 g/mol. The Balaban J connectivity index is 2.32. The van der Waals surface area contributed by atoms with Crippen LogP contribution in [0.5, 0.6) is 6.01 Å². The smallest absolute Gasteiger partial charge is 0.443 e. The van der Waals surface area contributed by atoms with Crippen LogP contribution >= 0.6 is 11.3 Å². The molecule has 0 bridgehead atoms. The molecule has 0 amide bonds. The number of nitrogens with two attached hydrogens (primary N) is 1. The summed E-state index contributed by atoms with van der Waals surface area (Å²) in [6, 6.07) is -0.0173. The number of anilines is 1. The Morgan fingerprint density at radius 3 is 2.65 bits per heavy atom. The third-order valence-electron chi connectivity index (χ3n) is 2.04. The quantitative estimate of drug-likeness (QED) is 0.933. The van der Waals surface area contributed by atoms with Gasteiger partial charge < -0.3 is 10.5 Å². The molecule has 0 aliphatic heterocycles. The number of halogens is 3. The van der Waals surface area contributed by atoms with Gasteiger partial charge >= 0.3 is 12.2 Å². The van der Waals surface area contributed by atoms with E-state index in [1.54, 1.807) is 0 Å². The lowest BCUT2D eigenvalue weighted by molar-refractivity contribution is -0.137. The molecule has 2 N–H and O–H groups in total. The Labute approximate surface area is 115 Å². The summed E-state index contributed by atoms with van der Waals surface area (Å²) in [5.74, 6) is -0.111. The summed E-state index contributed by atoms with van der Waals surface area (Å²) in [5, 5.41) is -0.970. The summed E-state index contributed by atoms with van der Waals surface area (Å²) in [6.45, 7) is 2.27. The zero-order valence-corrected chi connectivity index (χ0v) is 11.1. The Hall–Kier alpha value is -1.97. The van der Waals surface area contributed by atoms with E-state index < -0.39 is 11.2 Å². The fourth-order valence-electron chi connectivity index (χ4n) is 1.25. The predicted molar refractivity (Wildman–Crippen MR) is 66.1 cm³/mol. The van der Waals surface area contributed by atoms with Gasteiger partial charge in [-0.1, -0.05) is 6.92 Å². The largest absolute Gasteiger partial charge is 0.463 e. The SMILES string of the molecule is CCCOc1nc(N)nc(-c2cnc(C(F)(F)F)s2)n1. The maximum Gasteiger partial charge on any atom is 0.443 e. The van der Waals surface area contributed by atoms with E-state index in [-0.39, 0.29) is 22.7 Å². The minimum Gasteiger partial charge on any atom is -0.463 e. The van der Waals surface area contributed by atoms with Gasteiger partial charge in [0.05, 0.1) is 11.5 Å². The van der Waals surface area contributed by atoms with Crippen LogP contribution in [0.4, 0.5) is 19.1 Å². The molecule has 108 valence electrons. The zero-order valence-electron chi connectivity index (χ0n) is 10.3. The summed E-state index contributed by atoms with van der Waals surface area (Å²) < 4.78 is 42.7. The molecule has 0 fully saturated rings. The molecule has 2 heterocycles. The molecule has 0 aliphatic carbocycles. The molecule has 0 saturated heterocycles. The average molecular weight is 305 g/mol. The first kappa shape index (κ1) is 14.4. The van der Waals surface area contributed by atoms with E-state index in [0.717, 1.165) is 12.6 Å². The van der Waals surface area contributed by atoms with E-state index in [4.69, 9.17) is 10.5 Å². The third kappa shape index (κ3) is 3.32. The molecule has 0 aliphatic rings. The number of thiazole rings is 1. The Morgan fingerprint density at radius 2 is 2.05 bits per heavy atom. The highest BCUT2D eigenvalue weighted by Gasteiger charge is 2.35. The van der Waals surface area contributed by atoms with E-state index >= 15 is 0 Å². The highest BCUT2D eigenvalue weighted by atomic mass is 32.1. The van der Waals surface area contributed by atoms with E-state index in [0.29, 0.717) is 17.9 Å². The van der Waals surface area contributed by atoms with E-state index in [1.165, 1.54) is 0 Å². The van der Waals surface area contributed by atoms with Crippen molar-refractivity contribution < 1.29 is 17.9 Å². The second kappa shape index (κ2) is 5.57. The van der Waals surface area contributed by atoms with Crippen molar-refractivity contribution in [1.82, 2.24) is 19.9 Å². The van der Waals surface area contributed by atoms with Crippen LogP contribution < -0.4 is 10.5 Å². The van der Waals surface area contributed by atoms with E-state index in [1.807, 2.05) is 6.92 Å².